The van der Waals surface area contributed by atoms with Crippen molar-refractivity contribution in [3.05, 3.63) is 215 Å². The van der Waals surface area contributed by atoms with E-state index in [0.717, 1.165) is 37.8 Å². The first kappa shape index (κ1) is 32.0. The van der Waals surface area contributed by atoms with Crippen LogP contribution in [-0.4, -0.2) is 6.04 Å². The van der Waals surface area contributed by atoms with E-state index >= 15 is 0 Å². The lowest BCUT2D eigenvalue weighted by atomic mass is 9.69. The van der Waals surface area contributed by atoms with Gasteiger partial charge >= 0.3 is 0 Å². The normalized spacial score (nSPS) is 20.0. The summed E-state index contributed by atoms with van der Waals surface area (Å²) in [7, 11) is 0. The highest BCUT2D eigenvalue weighted by Gasteiger charge is 2.41. The zero-order valence-corrected chi connectivity index (χ0v) is 30.7. The first-order chi connectivity index (χ1) is 26.2. The second kappa shape index (κ2) is 13.1. The first-order valence-corrected chi connectivity index (χ1v) is 19.8. The van der Waals surface area contributed by atoms with Crippen LogP contribution in [0.25, 0.3) is 37.9 Å². The van der Waals surface area contributed by atoms with Crippen molar-refractivity contribution in [1.29, 1.82) is 0 Å². The third kappa shape index (κ3) is 5.27. The molecular weight excluding hydrogens is 659 g/mol. The summed E-state index contributed by atoms with van der Waals surface area (Å²) in [5.41, 5.74) is 14.1. The quantitative estimate of drug-likeness (QED) is 0.150. The molecule has 0 bridgehead atoms. The van der Waals surface area contributed by atoms with Crippen molar-refractivity contribution >= 4 is 54.9 Å². The van der Waals surface area contributed by atoms with Crippen LogP contribution >= 0.6 is 11.3 Å². The highest BCUT2D eigenvalue weighted by atomic mass is 32.1. The van der Waals surface area contributed by atoms with Gasteiger partial charge in [-0.05, 0) is 100 Å². The Hall–Kier alpha value is -5.70. The van der Waals surface area contributed by atoms with Crippen molar-refractivity contribution in [3.63, 3.8) is 0 Å². The number of allylic oxidation sites excluding steroid dienone is 9. The van der Waals surface area contributed by atoms with Crippen molar-refractivity contribution in [2.75, 3.05) is 4.90 Å². The molecule has 0 radical (unpaired) electrons. The van der Waals surface area contributed by atoms with Gasteiger partial charge in [-0.2, -0.15) is 0 Å². The lowest BCUT2D eigenvalue weighted by molar-refractivity contribution is 0.740. The van der Waals surface area contributed by atoms with Crippen LogP contribution in [0, 0.1) is 0 Å². The van der Waals surface area contributed by atoms with Crippen LogP contribution in [0.5, 0.6) is 0 Å². The molecule has 1 aromatic heterocycles. The van der Waals surface area contributed by atoms with E-state index in [1.807, 2.05) is 11.3 Å². The lowest BCUT2D eigenvalue weighted by Gasteiger charge is -2.36. The van der Waals surface area contributed by atoms with E-state index < -0.39 is 0 Å². The fraction of sp³-hybridized carbons (Fsp3) is 0.137. The topological polar surface area (TPSA) is 3.24 Å². The Morgan fingerprint density at radius 3 is 2.42 bits per heavy atom. The highest BCUT2D eigenvalue weighted by molar-refractivity contribution is 7.26. The van der Waals surface area contributed by atoms with Gasteiger partial charge in [0.2, 0.25) is 0 Å². The van der Waals surface area contributed by atoms with Gasteiger partial charge in [-0.3, -0.25) is 0 Å². The Bertz CT molecular complexity index is 2620. The van der Waals surface area contributed by atoms with E-state index in [-0.39, 0.29) is 11.5 Å². The third-order valence-electron chi connectivity index (χ3n) is 11.7. The molecule has 4 aliphatic rings. The van der Waals surface area contributed by atoms with Gasteiger partial charge in [0.05, 0.1) is 21.8 Å². The van der Waals surface area contributed by atoms with Crippen LogP contribution in [0.1, 0.15) is 58.2 Å². The average molecular weight is 700 g/mol. The molecule has 0 amide bonds. The molecule has 2 atom stereocenters. The Labute approximate surface area is 316 Å². The molecule has 2 unspecified atom stereocenters. The van der Waals surface area contributed by atoms with E-state index in [0.29, 0.717) is 0 Å². The first-order valence-electron chi connectivity index (χ1n) is 19.0. The summed E-state index contributed by atoms with van der Waals surface area (Å²) < 4.78 is 2.63. The van der Waals surface area contributed by atoms with Gasteiger partial charge in [0.15, 0.2) is 0 Å². The van der Waals surface area contributed by atoms with Crippen LogP contribution < -0.4 is 4.90 Å². The Morgan fingerprint density at radius 1 is 0.736 bits per heavy atom. The molecule has 4 aliphatic carbocycles. The van der Waals surface area contributed by atoms with E-state index in [4.69, 9.17) is 6.58 Å². The summed E-state index contributed by atoms with van der Waals surface area (Å²) in [5, 5.41) is 2.62. The predicted molar refractivity (Wildman–Crippen MR) is 229 cm³/mol. The molecule has 0 N–H and O–H groups in total. The van der Waals surface area contributed by atoms with Crippen LogP contribution in [0.2, 0.25) is 0 Å². The van der Waals surface area contributed by atoms with Crippen LogP contribution in [0.4, 0.5) is 5.69 Å². The molecule has 0 spiro atoms. The molecule has 0 fully saturated rings. The monoisotopic (exact) mass is 699 g/mol. The fourth-order valence-electron chi connectivity index (χ4n) is 9.28. The largest absolute Gasteiger partial charge is 0.334 e. The minimum absolute atomic E-state index is 0.124. The molecule has 6 aromatic rings. The third-order valence-corrected chi connectivity index (χ3v) is 12.9. The number of fused-ring (bicyclic) bond motifs is 7. The van der Waals surface area contributed by atoms with Crippen molar-refractivity contribution in [2.24, 2.45) is 0 Å². The number of anilines is 1. The van der Waals surface area contributed by atoms with Gasteiger partial charge in [0.25, 0.3) is 0 Å². The van der Waals surface area contributed by atoms with Gasteiger partial charge in [0.1, 0.15) is 0 Å². The molecule has 256 valence electrons. The number of thiophene rings is 1. The summed E-state index contributed by atoms with van der Waals surface area (Å²) in [5.74, 6) is 0. The smallest absolute Gasteiger partial charge is 0.0643 e. The average Bonchev–Trinajstić information content (AvgIpc) is 3.78. The number of nitrogens with zero attached hydrogens (tertiary/aromatic N) is 1. The maximum absolute atomic E-state index is 4.86. The van der Waals surface area contributed by atoms with Gasteiger partial charge in [0, 0.05) is 21.2 Å². The van der Waals surface area contributed by atoms with Crippen molar-refractivity contribution < 1.29 is 0 Å². The van der Waals surface area contributed by atoms with Gasteiger partial charge in [-0.15, -0.1) is 11.3 Å². The van der Waals surface area contributed by atoms with E-state index in [1.165, 1.54) is 76.0 Å². The second-order valence-electron chi connectivity index (χ2n) is 14.7. The summed E-state index contributed by atoms with van der Waals surface area (Å²) in [6.45, 7) is 4.86. The molecule has 0 saturated heterocycles. The number of hydrogen-bond donors (Lipinski definition) is 0. The van der Waals surface area contributed by atoms with Gasteiger partial charge < -0.3 is 4.90 Å². The van der Waals surface area contributed by atoms with Crippen molar-refractivity contribution in [3.8, 4) is 0 Å². The van der Waals surface area contributed by atoms with E-state index in [9.17, 15) is 0 Å². The fourth-order valence-corrected chi connectivity index (χ4v) is 10.5. The molecule has 1 nitrogen and oxygen atoms in total. The SMILES string of the molecule is C=C(/C=C\C1=CC(C2=CCCC=C2)(c2ccccc2)c2ccccc21)N(c1cccc2c1sc1ccccc12)C1C=Cc2ccc3c(c2C1)CCC=C3. The van der Waals surface area contributed by atoms with Crippen molar-refractivity contribution in [2.45, 2.75) is 43.6 Å². The predicted octanol–water partition coefficient (Wildman–Crippen LogP) is 13.2. The lowest BCUT2D eigenvalue weighted by Crippen LogP contribution is -2.36. The molecular formula is C51H41NS. The van der Waals surface area contributed by atoms with Crippen molar-refractivity contribution in [1.82, 2.24) is 0 Å². The molecule has 10 rings (SSSR count). The summed E-state index contributed by atoms with van der Waals surface area (Å²) >= 11 is 1.89. The molecule has 2 heteroatoms. The summed E-state index contributed by atoms with van der Waals surface area (Å²) in [4.78, 5) is 2.52. The minimum atomic E-state index is -0.346. The number of benzene rings is 5. The molecule has 53 heavy (non-hydrogen) atoms. The molecule has 1 heterocycles. The molecule has 5 aromatic carbocycles. The highest BCUT2D eigenvalue weighted by Crippen LogP contribution is 2.51. The molecule has 0 saturated carbocycles. The number of rotatable bonds is 7. The van der Waals surface area contributed by atoms with Gasteiger partial charge in [-0.25, -0.2) is 0 Å². The zero-order chi connectivity index (χ0) is 35.4. The van der Waals surface area contributed by atoms with Gasteiger partial charge in [-0.1, -0.05) is 158 Å². The summed E-state index contributed by atoms with van der Waals surface area (Å²) in [6, 6.07) is 40.4. The van der Waals surface area contributed by atoms with Crippen LogP contribution in [-0.2, 0) is 18.3 Å². The minimum Gasteiger partial charge on any atom is -0.334 e. The zero-order valence-electron chi connectivity index (χ0n) is 29.8. The maximum atomic E-state index is 4.86. The Kier molecular flexibility index (Phi) is 7.88. The molecule has 0 aliphatic heterocycles. The van der Waals surface area contributed by atoms with E-state index in [1.54, 1.807) is 0 Å². The summed E-state index contributed by atoms with van der Waals surface area (Å²) in [6.07, 6.45) is 28.9. The van der Waals surface area contributed by atoms with Crippen LogP contribution in [0.15, 0.2) is 176 Å². The van der Waals surface area contributed by atoms with E-state index in [2.05, 4.69) is 175 Å². The Morgan fingerprint density at radius 2 is 1.53 bits per heavy atom. The second-order valence-corrected chi connectivity index (χ2v) is 15.7. The van der Waals surface area contributed by atoms with Crippen LogP contribution in [0.3, 0.4) is 0 Å². The maximum Gasteiger partial charge on any atom is 0.0643 e. The number of hydrogen-bond acceptors (Lipinski definition) is 2. The standard InChI is InChI=1S/C51H41NS/c1-35(27-28-38-34-51(39-16-4-2-5-17-39,40-18-6-3-7-19-40)47-24-12-10-21-43(38)47)52(48-25-14-23-45-44-22-11-13-26-49(44)53-50(45)48)41-32-31-37-30-29-36-15-8-9-20-42(36)46(37)33-41/h2,4-6,8,10-19,21-32,34,41H,1,3,7,9,20,33H2/b28-27-. The Balaban J connectivity index is 1.11.